The fourth-order valence-corrected chi connectivity index (χ4v) is 5.78. The van der Waals surface area contributed by atoms with Crippen LogP contribution in [0.1, 0.15) is 28.7 Å². The summed E-state index contributed by atoms with van der Waals surface area (Å²) in [6.45, 7) is -1.41. The molecule has 1 N–H and O–H groups in total. The van der Waals surface area contributed by atoms with Crippen molar-refractivity contribution in [2.24, 2.45) is 4.99 Å². The molecule has 0 radical (unpaired) electrons. The molecule has 5 nitrogen and oxygen atoms in total. The topological polar surface area (TPSA) is 52.1 Å². The van der Waals surface area contributed by atoms with Gasteiger partial charge in [-0.2, -0.15) is 13.2 Å². The highest BCUT2D eigenvalue weighted by Crippen LogP contribution is 2.44. The summed E-state index contributed by atoms with van der Waals surface area (Å²) in [5.74, 6) is 0.210. The van der Waals surface area contributed by atoms with Gasteiger partial charge < -0.3 is 19.5 Å². The second-order valence-corrected chi connectivity index (χ2v) is 11.2. The lowest BCUT2D eigenvalue weighted by Gasteiger charge is -2.42. The standard InChI is InChI=1S/C33H28BrF5N2O3/c1-42-25-13-8-22(9-14-25)32(21-6-4-3-5-7-21,23-10-15-26(43-2)16-11-23)41-30-40-31(20-35,19-29(44-30)33(37,38)39)27-18-24(34)12-17-28(27)36/h3-18,29H,19-20H2,1-2H3,(H,40,41)/t29-,31+/m0/s1. The van der Waals surface area contributed by atoms with Gasteiger partial charge in [-0.05, 0) is 59.2 Å². The SMILES string of the molecule is COc1ccc(C(NC2=N[C@](CF)(c3cc(Br)ccc3F)C[C@@H](C(F)(F)F)O2)(c2ccccc2)c2ccc(OC)cc2)cc1. The molecule has 0 unspecified atom stereocenters. The van der Waals surface area contributed by atoms with Gasteiger partial charge in [0.05, 0.1) is 14.2 Å². The molecule has 0 saturated heterocycles. The first-order chi connectivity index (χ1) is 21.0. The lowest BCUT2D eigenvalue weighted by atomic mass is 9.77. The maximum Gasteiger partial charge on any atom is 0.425 e. The van der Waals surface area contributed by atoms with Gasteiger partial charge in [0.15, 0.2) is 6.10 Å². The van der Waals surface area contributed by atoms with Gasteiger partial charge in [-0.15, -0.1) is 0 Å². The molecule has 0 aliphatic carbocycles. The summed E-state index contributed by atoms with van der Waals surface area (Å²) in [5, 5.41) is 3.13. The summed E-state index contributed by atoms with van der Waals surface area (Å²) in [4.78, 5) is 4.39. The van der Waals surface area contributed by atoms with E-state index in [4.69, 9.17) is 14.2 Å². The van der Waals surface area contributed by atoms with E-state index in [9.17, 15) is 13.2 Å². The number of halogens is 6. The molecule has 5 rings (SSSR count). The van der Waals surface area contributed by atoms with Crippen molar-refractivity contribution in [2.45, 2.75) is 29.8 Å². The second-order valence-electron chi connectivity index (χ2n) is 10.3. The van der Waals surface area contributed by atoms with Crippen molar-refractivity contribution in [3.05, 3.63) is 130 Å². The molecular weight excluding hydrogens is 647 g/mol. The van der Waals surface area contributed by atoms with Crippen LogP contribution in [0.15, 0.2) is 107 Å². The van der Waals surface area contributed by atoms with Crippen LogP contribution in [0.2, 0.25) is 0 Å². The number of benzene rings is 4. The highest BCUT2D eigenvalue weighted by Gasteiger charge is 2.53. The van der Waals surface area contributed by atoms with Crippen LogP contribution in [-0.4, -0.2) is 39.2 Å². The molecule has 1 aliphatic rings. The Bertz CT molecular complexity index is 1570. The Hall–Kier alpha value is -4.12. The van der Waals surface area contributed by atoms with Gasteiger partial charge in [0.2, 0.25) is 0 Å². The van der Waals surface area contributed by atoms with Crippen molar-refractivity contribution < 1.29 is 36.2 Å². The molecule has 0 fully saturated rings. The third-order valence-electron chi connectivity index (χ3n) is 7.66. The summed E-state index contributed by atoms with van der Waals surface area (Å²) >= 11 is 3.22. The molecule has 44 heavy (non-hydrogen) atoms. The first kappa shape index (κ1) is 31.3. The Balaban J connectivity index is 1.78. The molecule has 4 aromatic carbocycles. The van der Waals surface area contributed by atoms with Crippen molar-refractivity contribution in [3.63, 3.8) is 0 Å². The van der Waals surface area contributed by atoms with E-state index in [0.717, 1.165) is 6.07 Å². The van der Waals surface area contributed by atoms with E-state index < -0.39 is 48.3 Å². The fourth-order valence-electron chi connectivity index (χ4n) is 5.42. The summed E-state index contributed by atoms with van der Waals surface area (Å²) in [6, 6.07) is 25.9. The second kappa shape index (κ2) is 12.5. The molecule has 0 spiro atoms. The molecular formula is C33H28BrF5N2O3. The minimum Gasteiger partial charge on any atom is -0.497 e. The van der Waals surface area contributed by atoms with Crippen molar-refractivity contribution in [1.29, 1.82) is 0 Å². The van der Waals surface area contributed by atoms with E-state index in [1.54, 1.807) is 78.9 Å². The molecule has 0 aromatic heterocycles. The van der Waals surface area contributed by atoms with Gasteiger partial charge in [-0.25, -0.2) is 13.8 Å². The molecule has 0 amide bonds. The zero-order valence-corrected chi connectivity index (χ0v) is 25.3. The molecule has 1 heterocycles. The van der Waals surface area contributed by atoms with Gasteiger partial charge in [-0.1, -0.05) is 70.5 Å². The van der Waals surface area contributed by atoms with E-state index in [1.807, 2.05) is 0 Å². The molecule has 1 aliphatic heterocycles. The predicted molar refractivity (Wildman–Crippen MR) is 160 cm³/mol. The molecule has 11 heteroatoms. The highest BCUT2D eigenvalue weighted by atomic mass is 79.9. The smallest absolute Gasteiger partial charge is 0.425 e. The minimum atomic E-state index is -4.92. The number of ether oxygens (including phenoxy) is 3. The average Bonchev–Trinajstić information content (AvgIpc) is 3.04. The number of rotatable bonds is 8. The van der Waals surface area contributed by atoms with E-state index in [-0.39, 0.29) is 5.56 Å². The highest BCUT2D eigenvalue weighted by molar-refractivity contribution is 9.10. The molecule has 0 bridgehead atoms. The van der Waals surface area contributed by atoms with Gasteiger partial charge in [0.1, 0.15) is 35.1 Å². The number of nitrogens with zero attached hydrogens (tertiary/aromatic N) is 1. The monoisotopic (exact) mass is 674 g/mol. The van der Waals surface area contributed by atoms with Crippen LogP contribution in [0, 0.1) is 5.82 Å². The molecule has 4 aromatic rings. The maximum absolute atomic E-state index is 15.2. The van der Waals surface area contributed by atoms with Crippen LogP contribution in [0.3, 0.4) is 0 Å². The van der Waals surface area contributed by atoms with E-state index in [1.165, 1.54) is 26.4 Å². The van der Waals surface area contributed by atoms with E-state index >= 15 is 8.78 Å². The summed E-state index contributed by atoms with van der Waals surface area (Å²) in [7, 11) is 3.03. The number of aliphatic imine (C=N–C) groups is 1. The largest absolute Gasteiger partial charge is 0.497 e. The van der Waals surface area contributed by atoms with Gasteiger partial charge in [0.25, 0.3) is 6.02 Å². The zero-order valence-electron chi connectivity index (χ0n) is 23.7. The van der Waals surface area contributed by atoms with Crippen LogP contribution < -0.4 is 14.8 Å². The van der Waals surface area contributed by atoms with Crippen LogP contribution in [-0.2, 0) is 15.8 Å². The molecule has 2 atom stereocenters. The van der Waals surface area contributed by atoms with Gasteiger partial charge in [-0.3, -0.25) is 0 Å². The molecule has 0 saturated carbocycles. The third kappa shape index (κ3) is 5.97. The van der Waals surface area contributed by atoms with Crippen molar-refractivity contribution >= 4 is 22.0 Å². The molecule has 230 valence electrons. The Morgan fingerprint density at radius 2 is 1.41 bits per heavy atom. The maximum atomic E-state index is 15.2. The van der Waals surface area contributed by atoms with Crippen LogP contribution >= 0.6 is 15.9 Å². The minimum absolute atomic E-state index is 0.328. The Labute approximate surface area is 259 Å². The number of hydrogen-bond donors (Lipinski definition) is 1. The first-order valence-electron chi connectivity index (χ1n) is 13.5. The summed E-state index contributed by atoms with van der Waals surface area (Å²) in [6.07, 6.45) is -8.37. The van der Waals surface area contributed by atoms with Crippen molar-refractivity contribution in [2.75, 3.05) is 20.9 Å². The lowest BCUT2D eigenvalue weighted by Crippen LogP contribution is -2.55. The average molecular weight is 675 g/mol. The Morgan fingerprint density at radius 1 is 0.864 bits per heavy atom. The van der Waals surface area contributed by atoms with Crippen molar-refractivity contribution in [3.8, 4) is 11.5 Å². The van der Waals surface area contributed by atoms with Crippen molar-refractivity contribution in [1.82, 2.24) is 5.32 Å². The van der Waals surface area contributed by atoms with Crippen LogP contribution in [0.4, 0.5) is 22.0 Å². The van der Waals surface area contributed by atoms with E-state index in [0.29, 0.717) is 32.7 Å². The van der Waals surface area contributed by atoms with Gasteiger partial charge in [0, 0.05) is 16.5 Å². The first-order valence-corrected chi connectivity index (χ1v) is 14.3. The zero-order chi connectivity index (χ0) is 31.5. The Kier molecular flexibility index (Phi) is 8.88. The number of amidine groups is 1. The van der Waals surface area contributed by atoms with Gasteiger partial charge >= 0.3 is 6.18 Å². The van der Waals surface area contributed by atoms with Crippen LogP contribution in [0.5, 0.6) is 11.5 Å². The van der Waals surface area contributed by atoms with E-state index in [2.05, 4.69) is 26.2 Å². The predicted octanol–water partition coefficient (Wildman–Crippen LogP) is 8.06. The normalized spacial score (nSPS) is 18.6. The number of nitrogens with one attached hydrogen (secondary N) is 1. The number of alkyl halides is 4. The quantitative estimate of drug-likeness (QED) is 0.152. The number of hydrogen-bond acceptors (Lipinski definition) is 5. The Morgan fingerprint density at radius 3 is 1.91 bits per heavy atom. The summed E-state index contributed by atoms with van der Waals surface area (Å²) < 4.78 is 90.0. The lowest BCUT2D eigenvalue weighted by molar-refractivity contribution is -0.210. The summed E-state index contributed by atoms with van der Waals surface area (Å²) in [5.41, 5.74) is -2.23. The third-order valence-corrected chi connectivity index (χ3v) is 8.15. The number of methoxy groups -OCH3 is 2. The fraction of sp³-hybridized carbons (Fsp3) is 0.242. The van der Waals surface area contributed by atoms with Crippen LogP contribution in [0.25, 0.3) is 0 Å².